The highest BCUT2D eigenvalue weighted by Gasteiger charge is 2.31. The van der Waals surface area contributed by atoms with Crippen molar-refractivity contribution in [3.63, 3.8) is 0 Å². The van der Waals surface area contributed by atoms with Gasteiger partial charge in [0, 0.05) is 32.7 Å². The highest BCUT2D eigenvalue weighted by molar-refractivity contribution is 5.94. The van der Waals surface area contributed by atoms with Gasteiger partial charge in [-0.1, -0.05) is 108 Å². The van der Waals surface area contributed by atoms with Crippen LogP contribution in [0.5, 0.6) is 17.2 Å². The smallest absolute Gasteiger partial charge is 0.268 e. The third-order valence-corrected chi connectivity index (χ3v) is 9.62. The predicted molar refractivity (Wildman–Crippen MR) is 212 cm³/mol. The standard InChI is InChI=1S/C43H60N4O8/c1-4-5-6-7-8-9-10-11-12-13-14-15-40(51)44-37(28-31-16-22-34(48)23-17-31)41(52)45-38(29-32-18-24-35(49)25-19-32)42(53)46-39(43(54)47(2)55-3)30-33-20-26-36(50)27-21-33/h16-27,37-39,48-50H,4-15,28-30H2,1-3H3,(H,44,51)(H,45,52)(H,46,53)/t37-,38-,39-/m0/s1. The number of phenols is 3. The summed E-state index contributed by atoms with van der Waals surface area (Å²) in [6, 6.07) is 15.4. The van der Waals surface area contributed by atoms with Crippen LogP contribution in [0, 0.1) is 0 Å². The average Bonchev–Trinajstić information content (AvgIpc) is 3.17. The van der Waals surface area contributed by atoms with Gasteiger partial charge < -0.3 is 31.3 Å². The molecule has 300 valence electrons. The van der Waals surface area contributed by atoms with E-state index in [2.05, 4.69) is 22.9 Å². The molecule has 0 saturated carbocycles. The summed E-state index contributed by atoms with van der Waals surface area (Å²) in [4.78, 5) is 59.8. The van der Waals surface area contributed by atoms with Crippen molar-refractivity contribution < 1.29 is 39.3 Å². The van der Waals surface area contributed by atoms with Gasteiger partial charge in [-0.2, -0.15) is 0 Å². The van der Waals surface area contributed by atoms with Gasteiger partial charge in [-0.3, -0.25) is 24.0 Å². The summed E-state index contributed by atoms with van der Waals surface area (Å²) < 4.78 is 0. The van der Waals surface area contributed by atoms with Crippen molar-refractivity contribution in [1.82, 2.24) is 21.0 Å². The Labute approximate surface area is 325 Å². The Hall–Kier alpha value is -5.10. The number of hydrogen-bond acceptors (Lipinski definition) is 8. The van der Waals surface area contributed by atoms with Crippen LogP contribution in [-0.2, 0) is 43.3 Å². The van der Waals surface area contributed by atoms with Crippen LogP contribution in [0.15, 0.2) is 72.8 Å². The van der Waals surface area contributed by atoms with E-state index in [1.54, 1.807) is 36.4 Å². The largest absolute Gasteiger partial charge is 0.508 e. The summed E-state index contributed by atoms with van der Waals surface area (Å²) in [6.07, 6.45) is 13.1. The molecule has 55 heavy (non-hydrogen) atoms. The molecule has 0 radical (unpaired) electrons. The number of hydroxylamine groups is 2. The number of unbranched alkanes of at least 4 members (excludes halogenated alkanes) is 10. The summed E-state index contributed by atoms with van der Waals surface area (Å²) in [7, 11) is 2.74. The Bertz CT molecular complexity index is 1600. The van der Waals surface area contributed by atoms with E-state index in [1.165, 1.54) is 95.5 Å². The van der Waals surface area contributed by atoms with Crippen molar-refractivity contribution in [3.8, 4) is 17.2 Å². The lowest BCUT2D eigenvalue weighted by Crippen LogP contribution is -2.58. The van der Waals surface area contributed by atoms with Crippen LogP contribution in [0.1, 0.15) is 101 Å². The van der Waals surface area contributed by atoms with E-state index in [4.69, 9.17) is 4.84 Å². The molecule has 4 amide bonds. The molecule has 0 aliphatic heterocycles. The van der Waals surface area contributed by atoms with Gasteiger partial charge in [0.15, 0.2) is 0 Å². The zero-order valence-corrected chi connectivity index (χ0v) is 32.6. The molecule has 6 N–H and O–H groups in total. The zero-order chi connectivity index (χ0) is 40.0. The molecule has 0 fully saturated rings. The third-order valence-electron chi connectivity index (χ3n) is 9.62. The Morgan fingerprint density at radius 2 is 0.891 bits per heavy atom. The highest BCUT2D eigenvalue weighted by atomic mass is 16.7. The topological polar surface area (TPSA) is 178 Å². The number of carbonyl (C=O) groups excluding carboxylic acids is 4. The molecular weight excluding hydrogens is 700 g/mol. The molecule has 0 aliphatic carbocycles. The van der Waals surface area contributed by atoms with E-state index < -0.39 is 35.8 Å². The van der Waals surface area contributed by atoms with Crippen molar-refractivity contribution in [2.24, 2.45) is 0 Å². The molecule has 12 nitrogen and oxygen atoms in total. The number of amides is 4. The van der Waals surface area contributed by atoms with Crippen LogP contribution >= 0.6 is 0 Å². The second kappa shape index (κ2) is 24.3. The fraction of sp³-hybridized carbons (Fsp3) is 0.488. The number of likely N-dealkylation sites (N-methyl/N-ethyl adjacent to an activating group) is 1. The maximum absolute atomic E-state index is 14.1. The number of nitrogens with zero attached hydrogens (tertiary/aromatic N) is 1. The Kier molecular flexibility index (Phi) is 19.6. The fourth-order valence-corrected chi connectivity index (χ4v) is 6.29. The fourth-order valence-electron chi connectivity index (χ4n) is 6.29. The van der Waals surface area contributed by atoms with Gasteiger partial charge >= 0.3 is 0 Å². The van der Waals surface area contributed by atoms with Crippen molar-refractivity contribution in [3.05, 3.63) is 89.5 Å². The Morgan fingerprint density at radius 1 is 0.545 bits per heavy atom. The second-order valence-corrected chi connectivity index (χ2v) is 14.2. The van der Waals surface area contributed by atoms with Gasteiger partial charge in [0.05, 0.1) is 7.11 Å². The first kappa shape index (κ1) is 44.3. The van der Waals surface area contributed by atoms with E-state index in [-0.39, 0.29) is 48.8 Å². The van der Waals surface area contributed by atoms with Crippen molar-refractivity contribution in [1.29, 1.82) is 0 Å². The van der Waals surface area contributed by atoms with E-state index in [9.17, 15) is 34.5 Å². The monoisotopic (exact) mass is 760 g/mol. The zero-order valence-electron chi connectivity index (χ0n) is 32.6. The minimum absolute atomic E-state index is 0.0106. The summed E-state index contributed by atoms with van der Waals surface area (Å²) in [5.41, 5.74) is 1.98. The van der Waals surface area contributed by atoms with E-state index in [0.29, 0.717) is 23.1 Å². The summed E-state index contributed by atoms with van der Waals surface area (Å²) >= 11 is 0. The normalized spacial score (nSPS) is 12.6. The number of aromatic hydroxyl groups is 3. The predicted octanol–water partition coefficient (Wildman–Crippen LogP) is 6.01. The SMILES string of the molecule is CCCCCCCCCCCCCC(=O)N[C@@H](Cc1ccc(O)cc1)C(=O)N[C@@H](Cc1ccc(O)cc1)C(=O)N[C@@H](Cc1ccc(O)cc1)C(=O)N(C)OC. The van der Waals surface area contributed by atoms with Gasteiger partial charge in [0.1, 0.15) is 35.4 Å². The van der Waals surface area contributed by atoms with Crippen LogP contribution in [0.2, 0.25) is 0 Å². The molecule has 0 heterocycles. The minimum atomic E-state index is -1.19. The van der Waals surface area contributed by atoms with E-state index in [1.807, 2.05) is 0 Å². The molecular formula is C43H60N4O8. The number of phenolic OH excluding ortho intramolecular Hbond substituents is 3. The summed E-state index contributed by atoms with van der Waals surface area (Å²) in [5.74, 6) is -1.94. The molecule has 0 saturated heterocycles. The quantitative estimate of drug-likeness (QED) is 0.0450. The molecule has 3 atom stereocenters. The Morgan fingerprint density at radius 3 is 1.29 bits per heavy atom. The molecule has 0 spiro atoms. The average molecular weight is 761 g/mol. The Balaban J connectivity index is 1.74. The minimum Gasteiger partial charge on any atom is -0.508 e. The number of benzene rings is 3. The number of nitrogens with one attached hydrogen (secondary N) is 3. The van der Waals surface area contributed by atoms with E-state index in [0.717, 1.165) is 24.3 Å². The van der Waals surface area contributed by atoms with Crippen molar-refractivity contribution in [2.45, 2.75) is 121 Å². The van der Waals surface area contributed by atoms with Gasteiger partial charge in [-0.15, -0.1) is 0 Å². The van der Waals surface area contributed by atoms with Crippen molar-refractivity contribution in [2.75, 3.05) is 14.2 Å². The second-order valence-electron chi connectivity index (χ2n) is 14.2. The molecule has 12 heteroatoms. The molecule has 3 rings (SSSR count). The van der Waals surface area contributed by atoms with Gasteiger partial charge in [-0.25, -0.2) is 5.06 Å². The highest BCUT2D eigenvalue weighted by Crippen LogP contribution is 2.17. The van der Waals surface area contributed by atoms with Gasteiger partial charge in [-0.05, 0) is 59.5 Å². The number of hydrogen-bond donors (Lipinski definition) is 6. The van der Waals surface area contributed by atoms with Crippen molar-refractivity contribution >= 4 is 23.6 Å². The molecule has 3 aromatic rings. The first-order chi connectivity index (χ1) is 26.5. The van der Waals surface area contributed by atoms with Crippen LogP contribution in [0.3, 0.4) is 0 Å². The van der Waals surface area contributed by atoms with Crippen LogP contribution in [0.4, 0.5) is 0 Å². The lowest BCUT2D eigenvalue weighted by Gasteiger charge is -2.27. The first-order valence-corrected chi connectivity index (χ1v) is 19.5. The lowest BCUT2D eigenvalue weighted by molar-refractivity contribution is -0.171. The number of rotatable bonds is 25. The molecule has 0 aromatic heterocycles. The third kappa shape index (κ3) is 16.8. The first-order valence-electron chi connectivity index (χ1n) is 19.5. The van der Waals surface area contributed by atoms with Crippen LogP contribution < -0.4 is 16.0 Å². The lowest BCUT2D eigenvalue weighted by atomic mass is 10.0. The number of carbonyl (C=O) groups is 4. The summed E-state index contributed by atoms with van der Waals surface area (Å²) in [5, 5.41) is 38.9. The maximum atomic E-state index is 14.1. The van der Waals surface area contributed by atoms with Gasteiger partial charge in [0.2, 0.25) is 17.7 Å². The van der Waals surface area contributed by atoms with Crippen LogP contribution in [-0.4, -0.2) is 76.3 Å². The molecule has 3 aromatic carbocycles. The molecule has 0 unspecified atom stereocenters. The van der Waals surface area contributed by atoms with Crippen LogP contribution in [0.25, 0.3) is 0 Å². The van der Waals surface area contributed by atoms with Gasteiger partial charge in [0.25, 0.3) is 5.91 Å². The van der Waals surface area contributed by atoms with E-state index >= 15 is 0 Å². The maximum Gasteiger partial charge on any atom is 0.268 e. The molecule has 0 aliphatic rings. The summed E-state index contributed by atoms with van der Waals surface area (Å²) in [6.45, 7) is 2.22. The molecule has 0 bridgehead atoms.